The lowest BCUT2D eigenvalue weighted by molar-refractivity contribution is -0.136. The molecule has 1 saturated heterocycles. The van der Waals surface area contributed by atoms with Crippen molar-refractivity contribution >= 4 is 23.2 Å². The van der Waals surface area contributed by atoms with Crippen molar-refractivity contribution in [3.8, 4) is 11.5 Å². The lowest BCUT2D eigenvalue weighted by Gasteiger charge is -2.50. The van der Waals surface area contributed by atoms with Crippen molar-refractivity contribution in [1.82, 2.24) is 0 Å². The topological polar surface area (TPSA) is 59.1 Å². The molecule has 0 spiro atoms. The van der Waals surface area contributed by atoms with Gasteiger partial charge in [0.15, 0.2) is 12.8 Å². The molecular formula is C29H24N2O4. The SMILES string of the molecule is O=C(COc1ccccc1)N(c1ccccc1)[C@@H]1[C@@H](Oc2ccccc2)C(=O)N1c1ccccc1. The molecule has 0 radical (unpaired) electrons. The molecule has 0 bridgehead atoms. The van der Waals surface area contributed by atoms with Crippen molar-refractivity contribution in [2.45, 2.75) is 12.3 Å². The Morgan fingerprint density at radius 1 is 0.714 bits per heavy atom. The van der Waals surface area contributed by atoms with Crippen LogP contribution in [0.2, 0.25) is 0 Å². The molecule has 2 amide bonds. The molecule has 2 atom stereocenters. The minimum atomic E-state index is -0.876. The molecule has 1 aliphatic rings. The van der Waals surface area contributed by atoms with E-state index in [0.29, 0.717) is 22.9 Å². The Hall–Kier alpha value is -4.58. The summed E-state index contributed by atoms with van der Waals surface area (Å²) in [6.45, 7) is -0.190. The number of ether oxygens (including phenoxy) is 2. The van der Waals surface area contributed by atoms with Crippen LogP contribution in [0.4, 0.5) is 11.4 Å². The lowest BCUT2D eigenvalue weighted by atomic mass is 10.0. The highest BCUT2D eigenvalue weighted by Crippen LogP contribution is 2.35. The van der Waals surface area contributed by atoms with Crippen LogP contribution in [0.3, 0.4) is 0 Å². The number of carbonyl (C=O) groups excluding carboxylic acids is 2. The Bertz CT molecular complexity index is 1270. The second-order valence-electron chi connectivity index (χ2n) is 8.01. The zero-order chi connectivity index (χ0) is 24.0. The zero-order valence-electron chi connectivity index (χ0n) is 18.9. The van der Waals surface area contributed by atoms with Gasteiger partial charge in [0.2, 0.25) is 6.10 Å². The summed E-state index contributed by atoms with van der Waals surface area (Å²) in [5.41, 5.74) is 1.34. The first-order chi connectivity index (χ1) is 17.2. The summed E-state index contributed by atoms with van der Waals surface area (Å²) >= 11 is 0. The number of rotatable bonds is 8. The van der Waals surface area contributed by atoms with Gasteiger partial charge in [0.05, 0.1) is 0 Å². The third-order valence-corrected chi connectivity index (χ3v) is 5.73. The molecule has 6 nitrogen and oxygen atoms in total. The molecule has 0 unspecified atom stereocenters. The van der Waals surface area contributed by atoms with Gasteiger partial charge in [0.25, 0.3) is 11.8 Å². The van der Waals surface area contributed by atoms with E-state index in [1.54, 1.807) is 34.1 Å². The first kappa shape index (κ1) is 22.2. The Morgan fingerprint density at radius 3 is 1.83 bits per heavy atom. The fraction of sp³-hybridized carbons (Fsp3) is 0.103. The minimum absolute atomic E-state index is 0.190. The number of nitrogens with zero attached hydrogens (tertiary/aromatic N) is 2. The van der Waals surface area contributed by atoms with Crippen LogP contribution in [-0.4, -0.2) is 30.7 Å². The van der Waals surface area contributed by atoms with Gasteiger partial charge < -0.3 is 9.47 Å². The monoisotopic (exact) mass is 464 g/mol. The Labute approximate surface area is 203 Å². The minimum Gasteiger partial charge on any atom is -0.484 e. The van der Waals surface area contributed by atoms with E-state index in [2.05, 4.69) is 0 Å². The molecule has 0 aliphatic carbocycles. The van der Waals surface area contributed by atoms with E-state index in [9.17, 15) is 9.59 Å². The van der Waals surface area contributed by atoms with Crippen molar-refractivity contribution in [1.29, 1.82) is 0 Å². The number of anilines is 2. The van der Waals surface area contributed by atoms with Crippen LogP contribution in [-0.2, 0) is 9.59 Å². The number of carbonyl (C=O) groups is 2. The predicted molar refractivity (Wildman–Crippen MR) is 134 cm³/mol. The number of hydrogen-bond donors (Lipinski definition) is 0. The number of para-hydroxylation sites is 4. The van der Waals surface area contributed by atoms with Gasteiger partial charge in [-0.15, -0.1) is 0 Å². The molecular weight excluding hydrogens is 440 g/mol. The quantitative estimate of drug-likeness (QED) is 0.348. The molecule has 35 heavy (non-hydrogen) atoms. The largest absolute Gasteiger partial charge is 0.484 e. The predicted octanol–water partition coefficient (Wildman–Crippen LogP) is 4.92. The van der Waals surface area contributed by atoms with Crippen molar-refractivity contribution < 1.29 is 19.1 Å². The second-order valence-corrected chi connectivity index (χ2v) is 8.01. The van der Waals surface area contributed by atoms with E-state index in [1.165, 1.54) is 0 Å². The fourth-order valence-corrected chi connectivity index (χ4v) is 4.09. The molecule has 6 heteroatoms. The van der Waals surface area contributed by atoms with Crippen LogP contribution < -0.4 is 19.3 Å². The van der Waals surface area contributed by atoms with Crippen LogP contribution >= 0.6 is 0 Å². The summed E-state index contributed by atoms with van der Waals surface area (Å²) in [6.07, 6.45) is -1.57. The molecule has 4 aromatic carbocycles. The third kappa shape index (κ3) is 4.73. The van der Waals surface area contributed by atoms with Crippen LogP contribution in [0.1, 0.15) is 0 Å². The van der Waals surface area contributed by atoms with Crippen LogP contribution in [0.15, 0.2) is 121 Å². The van der Waals surface area contributed by atoms with Gasteiger partial charge in [-0.05, 0) is 48.5 Å². The second kappa shape index (κ2) is 10.1. The lowest BCUT2D eigenvalue weighted by Crippen LogP contribution is -2.75. The van der Waals surface area contributed by atoms with E-state index in [0.717, 1.165) is 0 Å². The number of β-lactam (4-membered cyclic amide) rings is 1. The normalized spacial score (nSPS) is 16.8. The maximum Gasteiger partial charge on any atom is 0.274 e. The summed E-state index contributed by atoms with van der Waals surface area (Å²) < 4.78 is 11.9. The Kier molecular flexibility index (Phi) is 6.44. The maximum absolute atomic E-state index is 13.6. The summed E-state index contributed by atoms with van der Waals surface area (Å²) in [7, 11) is 0. The van der Waals surface area contributed by atoms with Crippen molar-refractivity contribution in [2.75, 3.05) is 16.4 Å². The van der Waals surface area contributed by atoms with E-state index >= 15 is 0 Å². The molecule has 1 aliphatic heterocycles. The van der Waals surface area contributed by atoms with Gasteiger partial charge in [-0.25, -0.2) is 0 Å². The van der Waals surface area contributed by atoms with Gasteiger partial charge in [0, 0.05) is 11.4 Å². The van der Waals surface area contributed by atoms with E-state index in [4.69, 9.17) is 9.47 Å². The standard InChI is InChI=1S/C29H24N2O4/c32-26(21-34-24-17-9-3-10-18-24)30(22-13-5-1-6-14-22)28-27(35-25-19-11-4-12-20-25)29(33)31(28)23-15-7-2-8-16-23/h1-20,27-28H,21H2/t27-,28+/m1/s1. The first-order valence-electron chi connectivity index (χ1n) is 11.4. The highest BCUT2D eigenvalue weighted by molar-refractivity contribution is 6.09. The van der Waals surface area contributed by atoms with E-state index < -0.39 is 12.3 Å². The number of benzene rings is 4. The average Bonchev–Trinajstić information content (AvgIpc) is 2.92. The van der Waals surface area contributed by atoms with E-state index in [-0.39, 0.29) is 18.4 Å². The zero-order valence-corrected chi connectivity index (χ0v) is 18.9. The highest BCUT2D eigenvalue weighted by Gasteiger charge is 2.55. The summed E-state index contributed by atoms with van der Waals surface area (Å²) in [5, 5.41) is 0. The van der Waals surface area contributed by atoms with Crippen LogP contribution in [0, 0.1) is 0 Å². The molecule has 1 fully saturated rings. The average molecular weight is 465 g/mol. The molecule has 0 saturated carbocycles. The van der Waals surface area contributed by atoms with Gasteiger partial charge in [-0.2, -0.15) is 0 Å². The summed E-state index contributed by atoms with van der Waals surface area (Å²) in [6, 6.07) is 36.9. The molecule has 5 rings (SSSR count). The van der Waals surface area contributed by atoms with Gasteiger partial charge in [0.1, 0.15) is 11.5 Å². The van der Waals surface area contributed by atoms with Gasteiger partial charge >= 0.3 is 0 Å². The van der Waals surface area contributed by atoms with Gasteiger partial charge in [-0.1, -0.05) is 72.8 Å². The molecule has 174 valence electrons. The number of hydrogen-bond acceptors (Lipinski definition) is 4. The Balaban J connectivity index is 1.50. The fourth-order valence-electron chi connectivity index (χ4n) is 4.09. The van der Waals surface area contributed by atoms with Gasteiger partial charge in [-0.3, -0.25) is 19.4 Å². The summed E-state index contributed by atoms with van der Waals surface area (Å²) in [5.74, 6) is 0.642. The first-order valence-corrected chi connectivity index (χ1v) is 11.4. The molecule has 0 aromatic heterocycles. The third-order valence-electron chi connectivity index (χ3n) is 5.73. The Morgan fingerprint density at radius 2 is 1.23 bits per heavy atom. The van der Waals surface area contributed by atoms with Crippen molar-refractivity contribution in [3.05, 3.63) is 121 Å². The van der Waals surface area contributed by atoms with Crippen LogP contribution in [0.25, 0.3) is 0 Å². The molecule has 4 aromatic rings. The van der Waals surface area contributed by atoms with E-state index in [1.807, 2.05) is 97.1 Å². The van der Waals surface area contributed by atoms with Crippen LogP contribution in [0.5, 0.6) is 11.5 Å². The number of amides is 2. The molecule has 0 N–H and O–H groups in total. The van der Waals surface area contributed by atoms with Crippen molar-refractivity contribution in [3.63, 3.8) is 0 Å². The summed E-state index contributed by atoms with van der Waals surface area (Å²) in [4.78, 5) is 30.2. The smallest absolute Gasteiger partial charge is 0.274 e. The maximum atomic E-state index is 13.6. The van der Waals surface area contributed by atoms with Crippen molar-refractivity contribution in [2.24, 2.45) is 0 Å². The molecule has 1 heterocycles. The highest BCUT2D eigenvalue weighted by atomic mass is 16.5.